The number of aromatic nitrogens is 2. The van der Waals surface area contributed by atoms with Crippen molar-refractivity contribution in [2.45, 2.75) is 20.0 Å². The fourth-order valence-corrected chi connectivity index (χ4v) is 2.40. The van der Waals surface area contributed by atoms with Gasteiger partial charge < -0.3 is 4.74 Å². The number of halogens is 1. The van der Waals surface area contributed by atoms with Crippen LogP contribution in [0.3, 0.4) is 0 Å². The third-order valence-corrected chi connectivity index (χ3v) is 3.60. The molecule has 0 spiro atoms. The molecule has 0 aliphatic heterocycles. The van der Waals surface area contributed by atoms with E-state index in [0.717, 1.165) is 22.9 Å². The van der Waals surface area contributed by atoms with Crippen molar-refractivity contribution < 1.29 is 4.74 Å². The van der Waals surface area contributed by atoms with Crippen molar-refractivity contribution in [1.29, 1.82) is 0 Å². The van der Waals surface area contributed by atoms with E-state index in [2.05, 4.69) is 23.0 Å². The van der Waals surface area contributed by atoms with E-state index in [1.807, 2.05) is 36.4 Å². The van der Waals surface area contributed by atoms with Crippen molar-refractivity contribution >= 4 is 22.5 Å². The molecule has 3 nitrogen and oxygen atoms in total. The molecule has 3 rings (SSSR count). The molecule has 0 N–H and O–H groups in total. The van der Waals surface area contributed by atoms with E-state index in [-0.39, 0.29) is 0 Å². The van der Waals surface area contributed by atoms with Crippen LogP contribution in [0.1, 0.15) is 18.1 Å². The first kappa shape index (κ1) is 13.8. The first-order valence-corrected chi connectivity index (χ1v) is 7.26. The van der Waals surface area contributed by atoms with E-state index in [0.29, 0.717) is 23.2 Å². The summed E-state index contributed by atoms with van der Waals surface area (Å²) in [7, 11) is 0. The standard InChI is InChI=1S/C17H15ClN2O/c1-2-13-10-14-8-9-19-16(18)15(14)20-17(13)21-11-12-6-4-3-5-7-12/h3-10H,2,11H2,1H3. The summed E-state index contributed by atoms with van der Waals surface area (Å²) in [6.07, 6.45) is 2.54. The lowest BCUT2D eigenvalue weighted by Crippen LogP contribution is -2.01. The maximum atomic E-state index is 6.11. The highest BCUT2D eigenvalue weighted by atomic mass is 35.5. The first-order chi connectivity index (χ1) is 10.3. The average molecular weight is 299 g/mol. The molecule has 0 saturated carbocycles. The number of hydrogen-bond acceptors (Lipinski definition) is 3. The second kappa shape index (κ2) is 6.10. The van der Waals surface area contributed by atoms with Crippen molar-refractivity contribution in [2.24, 2.45) is 0 Å². The molecule has 0 atom stereocenters. The van der Waals surface area contributed by atoms with Gasteiger partial charge in [-0.15, -0.1) is 0 Å². The summed E-state index contributed by atoms with van der Waals surface area (Å²) < 4.78 is 5.88. The fourth-order valence-electron chi connectivity index (χ4n) is 2.20. The van der Waals surface area contributed by atoms with E-state index in [1.54, 1.807) is 6.20 Å². The molecule has 106 valence electrons. The lowest BCUT2D eigenvalue weighted by Gasteiger charge is -2.11. The summed E-state index contributed by atoms with van der Waals surface area (Å²) in [6, 6.07) is 14.0. The number of aryl methyl sites for hydroxylation is 1. The molecule has 0 bridgehead atoms. The normalized spacial score (nSPS) is 10.8. The van der Waals surface area contributed by atoms with Crippen molar-refractivity contribution in [3.63, 3.8) is 0 Å². The maximum absolute atomic E-state index is 6.11. The maximum Gasteiger partial charge on any atom is 0.217 e. The Labute approximate surface area is 128 Å². The summed E-state index contributed by atoms with van der Waals surface area (Å²) in [4.78, 5) is 8.61. The van der Waals surface area contributed by atoms with Crippen LogP contribution in [0.2, 0.25) is 5.15 Å². The third kappa shape index (κ3) is 2.98. The number of pyridine rings is 2. The number of rotatable bonds is 4. The van der Waals surface area contributed by atoms with E-state index < -0.39 is 0 Å². The number of fused-ring (bicyclic) bond motifs is 1. The summed E-state index contributed by atoms with van der Waals surface area (Å²) in [5, 5.41) is 1.39. The molecular formula is C17H15ClN2O. The fraction of sp³-hybridized carbons (Fsp3) is 0.176. The van der Waals surface area contributed by atoms with Crippen LogP contribution < -0.4 is 4.74 Å². The smallest absolute Gasteiger partial charge is 0.217 e. The summed E-state index contributed by atoms with van der Waals surface area (Å²) >= 11 is 6.11. The molecule has 3 aromatic rings. The van der Waals surface area contributed by atoms with Gasteiger partial charge in [0, 0.05) is 17.1 Å². The molecule has 0 radical (unpaired) electrons. The SMILES string of the molecule is CCc1cc2ccnc(Cl)c2nc1OCc1ccccc1. The van der Waals surface area contributed by atoms with Gasteiger partial charge >= 0.3 is 0 Å². The Morgan fingerprint density at radius 3 is 2.71 bits per heavy atom. The Hall–Kier alpha value is -2.13. The minimum Gasteiger partial charge on any atom is -0.473 e. The lowest BCUT2D eigenvalue weighted by atomic mass is 10.1. The summed E-state index contributed by atoms with van der Waals surface area (Å²) in [5.74, 6) is 0.628. The van der Waals surface area contributed by atoms with Gasteiger partial charge in [0.2, 0.25) is 5.88 Å². The van der Waals surface area contributed by atoms with Crippen molar-refractivity contribution in [3.8, 4) is 5.88 Å². The van der Waals surface area contributed by atoms with Gasteiger partial charge in [-0.1, -0.05) is 48.9 Å². The number of ether oxygens (including phenoxy) is 1. The quantitative estimate of drug-likeness (QED) is 0.669. The van der Waals surface area contributed by atoms with Gasteiger partial charge in [-0.2, -0.15) is 0 Å². The predicted octanol–water partition coefficient (Wildman–Crippen LogP) is 4.42. The summed E-state index contributed by atoms with van der Waals surface area (Å²) in [6.45, 7) is 2.57. The minimum absolute atomic E-state index is 0.403. The molecule has 1 aromatic carbocycles. The molecule has 4 heteroatoms. The topological polar surface area (TPSA) is 35.0 Å². The third-order valence-electron chi connectivity index (χ3n) is 3.33. The van der Waals surface area contributed by atoms with Crippen molar-refractivity contribution in [2.75, 3.05) is 0 Å². The largest absolute Gasteiger partial charge is 0.473 e. The highest BCUT2D eigenvalue weighted by Crippen LogP contribution is 2.26. The zero-order valence-corrected chi connectivity index (χ0v) is 12.5. The molecule has 0 aliphatic rings. The van der Waals surface area contributed by atoms with Gasteiger partial charge in [-0.3, -0.25) is 0 Å². The highest BCUT2D eigenvalue weighted by molar-refractivity contribution is 6.33. The van der Waals surface area contributed by atoms with E-state index in [4.69, 9.17) is 16.3 Å². The lowest BCUT2D eigenvalue weighted by molar-refractivity contribution is 0.292. The van der Waals surface area contributed by atoms with E-state index in [9.17, 15) is 0 Å². The van der Waals surface area contributed by atoms with Crippen LogP contribution in [0.5, 0.6) is 5.88 Å². The Balaban J connectivity index is 1.95. The van der Waals surface area contributed by atoms with Crippen molar-refractivity contribution in [1.82, 2.24) is 9.97 Å². The average Bonchev–Trinajstić information content (AvgIpc) is 2.53. The van der Waals surface area contributed by atoms with Crippen LogP contribution >= 0.6 is 11.6 Å². The van der Waals surface area contributed by atoms with Gasteiger partial charge in [-0.05, 0) is 24.1 Å². The van der Waals surface area contributed by atoms with Crippen LogP contribution in [0, 0.1) is 0 Å². The van der Waals surface area contributed by atoms with Gasteiger partial charge in [-0.25, -0.2) is 9.97 Å². The van der Waals surface area contributed by atoms with Crippen LogP contribution in [-0.2, 0) is 13.0 Å². The van der Waals surface area contributed by atoms with Crippen LogP contribution in [-0.4, -0.2) is 9.97 Å². The molecule has 0 aliphatic carbocycles. The first-order valence-electron chi connectivity index (χ1n) is 6.89. The zero-order valence-electron chi connectivity index (χ0n) is 11.7. The highest BCUT2D eigenvalue weighted by Gasteiger charge is 2.10. The van der Waals surface area contributed by atoms with Crippen LogP contribution in [0.25, 0.3) is 10.9 Å². The molecule has 0 unspecified atom stereocenters. The van der Waals surface area contributed by atoms with E-state index in [1.165, 1.54) is 0 Å². The van der Waals surface area contributed by atoms with Gasteiger partial charge in [0.05, 0.1) is 0 Å². The molecular weight excluding hydrogens is 284 g/mol. The van der Waals surface area contributed by atoms with Crippen LogP contribution in [0.4, 0.5) is 0 Å². The number of benzene rings is 1. The number of hydrogen-bond donors (Lipinski definition) is 0. The van der Waals surface area contributed by atoms with Gasteiger partial charge in [0.15, 0.2) is 5.15 Å². The zero-order chi connectivity index (χ0) is 14.7. The Bertz CT molecular complexity index is 759. The predicted molar refractivity (Wildman–Crippen MR) is 84.7 cm³/mol. The molecule has 21 heavy (non-hydrogen) atoms. The van der Waals surface area contributed by atoms with E-state index >= 15 is 0 Å². The monoisotopic (exact) mass is 298 g/mol. The molecule has 0 amide bonds. The van der Waals surface area contributed by atoms with Gasteiger partial charge in [0.1, 0.15) is 12.1 Å². The van der Waals surface area contributed by atoms with Crippen LogP contribution in [0.15, 0.2) is 48.7 Å². The molecule has 0 fully saturated rings. The van der Waals surface area contributed by atoms with Crippen molar-refractivity contribution in [3.05, 3.63) is 64.9 Å². The second-order valence-electron chi connectivity index (χ2n) is 4.75. The number of nitrogens with zero attached hydrogens (tertiary/aromatic N) is 2. The van der Waals surface area contributed by atoms with Gasteiger partial charge in [0.25, 0.3) is 0 Å². The second-order valence-corrected chi connectivity index (χ2v) is 5.11. The molecule has 2 heterocycles. The molecule has 2 aromatic heterocycles. The Kier molecular flexibility index (Phi) is 4.02. The Morgan fingerprint density at radius 1 is 1.14 bits per heavy atom. The minimum atomic E-state index is 0.403. The Morgan fingerprint density at radius 2 is 1.95 bits per heavy atom. The molecule has 0 saturated heterocycles. The summed E-state index contributed by atoms with van der Waals surface area (Å²) in [5.41, 5.74) is 2.86.